The number of rotatable bonds is 2. The first kappa shape index (κ1) is 11.7. The van der Waals surface area contributed by atoms with E-state index in [4.69, 9.17) is 16.8 Å². The van der Waals surface area contributed by atoms with E-state index < -0.39 is 5.82 Å². The monoisotopic (exact) mass is 243 g/mol. The molecule has 1 aromatic rings. The van der Waals surface area contributed by atoms with Gasteiger partial charge in [-0.05, 0) is 36.0 Å². The normalized spacial score (nSPS) is 24.8. The standard InChI is InChI=1S/C12H15ClFNO/c1-7-3-2-4-8(7)9-5-12(15-16)11(14)6-10(9)13/h5-8,15-16H,2-4H2,1H3. The molecule has 1 aromatic carbocycles. The van der Waals surface area contributed by atoms with Gasteiger partial charge in [0.25, 0.3) is 0 Å². The van der Waals surface area contributed by atoms with Gasteiger partial charge in [0.15, 0.2) is 0 Å². The smallest absolute Gasteiger partial charge is 0.150 e. The van der Waals surface area contributed by atoms with E-state index in [0.29, 0.717) is 16.9 Å². The Morgan fingerprint density at radius 2 is 2.19 bits per heavy atom. The predicted octanol–water partition coefficient (Wildman–Crippen LogP) is 4.18. The van der Waals surface area contributed by atoms with Gasteiger partial charge in [-0.1, -0.05) is 31.4 Å². The Kier molecular flexibility index (Phi) is 3.36. The SMILES string of the molecule is CC1CCCC1c1cc(NO)c(F)cc1Cl. The molecule has 0 heterocycles. The third-order valence-corrected chi connectivity index (χ3v) is 3.80. The van der Waals surface area contributed by atoms with E-state index in [0.717, 1.165) is 12.0 Å². The van der Waals surface area contributed by atoms with E-state index in [1.165, 1.54) is 18.9 Å². The van der Waals surface area contributed by atoms with Crippen molar-refractivity contribution >= 4 is 17.3 Å². The fraction of sp³-hybridized carbons (Fsp3) is 0.500. The maximum Gasteiger partial charge on any atom is 0.150 e. The second kappa shape index (κ2) is 4.60. The summed E-state index contributed by atoms with van der Waals surface area (Å²) in [6, 6.07) is 2.88. The van der Waals surface area contributed by atoms with E-state index >= 15 is 0 Å². The number of nitrogens with one attached hydrogen (secondary N) is 1. The van der Waals surface area contributed by atoms with Gasteiger partial charge in [0.1, 0.15) is 5.82 Å². The molecule has 0 bridgehead atoms. The molecule has 2 N–H and O–H groups in total. The van der Waals surface area contributed by atoms with Gasteiger partial charge in [-0.2, -0.15) is 0 Å². The van der Waals surface area contributed by atoms with Crippen LogP contribution in [0, 0.1) is 11.7 Å². The summed E-state index contributed by atoms with van der Waals surface area (Å²) >= 11 is 6.05. The van der Waals surface area contributed by atoms with Crippen LogP contribution in [0.1, 0.15) is 37.7 Å². The minimum Gasteiger partial charge on any atom is -0.291 e. The molecule has 0 amide bonds. The highest BCUT2D eigenvalue weighted by atomic mass is 35.5. The van der Waals surface area contributed by atoms with Gasteiger partial charge < -0.3 is 0 Å². The molecule has 2 nitrogen and oxygen atoms in total. The zero-order valence-electron chi connectivity index (χ0n) is 9.13. The Balaban J connectivity index is 2.39. The molecule has 1 aliphatic rings. The van der Waals surface area contributed by atoms with Crippen molar-refractivity contribution in [2.24, 2.45) is 5.92 Å². The summed E-state index contributed by atoms with van der Waals surface area (Å²) in [5.74, 6) is 0.414. The summed E-state index contributed by atoms with van der Waals surface area (Å²) < 4.78 is 13.3. The van der Waals surface area contributed by atoms with Crippen molar-refractivity contribution in [1.82, 2.24) is 0 Å². The van der Waals surface area contributed by atoms with Crippen LogP contribution in [0.3, 0.4) is 0 Å². The Hall–Kier alpha value is -0.800. The van der Waals surface area contributed by atoms with Crippen LogP contribution in [0.15, 0.2) is 12.1 Å². The van der Waals surface area contributed by atoms with Crippen LogP contribution in [0.4, 0.5) is 10.1 Å². The van der Waals surface area contributed by atoms with Crippen molar-refractivity contribution in [1.29, 1.82) is 0 Å². The van der Waals surface area contributed by atoms with Gasteiger partial charge >= 0.3 is 0 Å². The van der Waals surface area contributed by atoms with Crippen LogP contribution < -0.4 is 5.48 Å². The lowest BCUT2D eigenvalue weighted by molar-refractivity contribution is 0.383. The van der Waals surface area contributed by atoms with E-state index in [1.54, 1.807) is 6.07 Å². The average molecular weight is 244 g/mol. The fourth-order valence-corrected chi connectivity index (χ4v) is 2.83. The molecule has 1 aliphatic carbocycles. The molecule has 4 heteroatoms. The van der Waals surface area contributed by atoms with Gasteiger partial charge in [0, 0.05) is 5.02 Å². The second-order valence-electron chi connectivity index (χ2n) is 4.48. The lowest BCUT2D eigenvalue weighted by atomic mass is 9.90. The van der Waals surface area contributed by atoms with Crippen LogP contribution in [0.5, 0.6) is 0 Å². The van der Waals surface area contributed by atoms with Crippen LogP contribution in [-0.4, -0.2) is 5.21 Å². The molecule has 1 saturated carbocycles. The Labute approximate surface area is 99.4 Å². The molecule has 2 rings (SSSR count). The summed E-state index contributed by atoms with van der Waals surface area (Å²) in [6.07, 6.45) is 3.44. The highest BCUT2D eigenvalue weighted by Crippen LogP contribution is 2.43. The Morgan fingerprint density at radius 1 is 1.44 bits per heavy atom. The van der Waals surface area contributed by atoms with E-state index in [1.807, 2.05) is 5.48 Å². The minimum atomic E-state index is -0.526. The summed E-state index contributed by atoms with van der Waals surface area (Å²) in [5, 5.41) is 9.26. The summed E-state index contributed by atoms with van der Waals surface area (Å²) in [7, 11) is 0. The predicted molar refractivity (Wildman–Crippen MR) is 62.6 cm³/mol. The summed E-state index contributed by atoms with van der Waals surface area (Å²) in [5.41, 5.74) is 2.90. The Morgan fingerprint density at radius 3 is 2.75 bits per heavy atom. The quantitative estimate of drug-likeness (QED) is 0.764. The molecule has 2 unspecified atom stereocenters. The van der Waals surface area contributed by atoms with Gasteiger partial charge in [0.2, 0.25) is 0 Å². The first-order valence-corrected chi connectivity index (χ1v) is 5.90. The van der Waals surface area contributed by atoms with Crippen LogP contribution in [0.25, 0.3) is 0 Å². The fourth-order valence-electron chi connectivity index (χ4n) is 2.54. The lowest BCUT2D eigenvalue weighted by Crippen LogP contribution is -2.05. The van der Waals surface area contributed by atoms with Crippen molar-refractivity contribution in [3.05, 3.63) is 28.5 Å². The van der Waals surface area contributed by atoms with Crippen molar-refractivity contribution in [2.75, 3.05) is 5.48 Å². The topological polar surface area (TPSA) is 32.3 Å². The van der Waals surface area contributed by atoms with Gasteiger partial charge in [-0.3, -0.25) is 10.7 Å². The van der Waals surface area contributed by atoms with Crippen molar-refractivity contribution in [3.8, 4) is 0 Å². The van der Waals surface area contributed by atoms with Crippen molar-refractivity contribution in [3.63, 3.8) is 0 Å². The van der Waals surface area contributed by atoms with Crippen molar-refractivity contribution < 1.29 is 9.60 Å². The van der Waals surface area contributed by atoms with Crippen LogP contribution >= 0.6 is 11.6 Å². The molecule has 0 radical (unpaired) electrons. The largest absolute Gasteiger partial charge is 0.291 e. The maximum absolute atomic E-state index is 13.3. The number of anilines is 1. The van der Waals surface area contributed by atoms with Gasteiger partial charge in [-0.25, -0.2) is 4.39 Å². The number of hydrogen-bond donors (Lipinski definition) is 2. The molecule has 88 valence electrons. The van der Waals surface area contributed by atoms with Crippen molar-refractivity contribution in [2.45, 2.75) is 32.1 Å². The first-order chi connectivity index (χ1) is 7.63. The van der Waals surface area contributed by atoms with Crippen LogP contribution in [-0.2, 0) is 0 Å². The van der Waals surface area contributed by atoms with E-state index in [-0.39, 0.29) is 5.69 Å². The zero-order valence-corrected chi connectivity index (χ0v) is 9.89. The van der Waals surface area contributed by atoms with E-state index in [9.17, 15) is 4.39 Å². The molecule has 16 heavy (non-hydrogen) atoms. The lowest BCUT2D eigenvalue weighted by Gasteiger charge is -2.18. The second-order valence-corrected chi connectivity index (χ2v) is 4.89. The molecule has 1 fully saturated rings. The summed E-state index contributed by atoms with van der Waals surface area (Å²) in [4.78, 5) is 0. The number of halogens is 2. The average Bonchev–Trinajstić information content (AvgIpc) is 2.65. The molecular weight excluding hydrogens is 229 g/mol. The number of hydrogen-bond acceptors (Lipinski definition) is 2. The first-order valence-electron chi connectivity index (χ1n) is 5.52. The van der Waals surface area contributed by atoms with Gasteiger partial charge in [-0.15, -0.1) is 0 Å². The van der Waals surface area contributed by atoms with Crippen LogP contribution in [0.2, 0.25) is 5.02 Å². The minimum absolute atomic E-state index is 0.0958. The third-order valence-electron chi connectivity index (χ3n) is 3.47. The maximum atomic E-state index is 13.3. The molecule has 0 saturated heterocycles. The highest BCUT2D eigenvalue weighted by Gasteiger charge is 2.27. The molecular formula is C12H15ClFNO. The molecule has 0 spiro atoms. The molecule has 2 atom stereocenters. The zero-order chi connectivity index (χ0) is 11.7. The third kappa shape index (κ3) is 2.02. The van der Waals surface area contributed by atoms with E-state index in [2.05, 4.69) is 6.92 Å². The highest BCUT2D eigenvalue weighted by molar-refractivity contribution is 6.31. The Bertz CT molecular complexity index is 397. The summed E-state index contributed by atoms with van der Waals surface area (Å²) in [6.45, 7) is 2.18. The molecule has 0 aromatic heterocycles. The number of benzene rings is 1. The van der Waals surface area contributed by atoms with Gasteiger partial charge in [0.05, 0.1) is 5.69 Å². The molecule has 0 aliphatic heterocycles.